The van der Waals surface area contributed by atoms with E-state index < -0.39 is 0 Å². The average Bonchev–Trinajstić information content (AvgIpc) is 3.34. The molecular formula is C22H23ClN2O4S. The largest absolute Gasteiger partial charge is 0.493 e. The molecule has 0 aliphatic carbocycles. The van der Waals surface area contributed by atoms with Gasteiger partial charge in [0.05, 0.1) is 32.0 Å². The predicted molar refractivity (Wildman–Crippen MR) is 120 cm³/mol. The molecule has 0 unspecified atom stereocenters. The number of nitrogens with zero attached hydrogens (tertiary/aromatic N) is 2. The number of thiophene rings is 1. The molecule has 0 saturated heterocycles. The maximum absolute atomic E-state index is 12.6. The van der Waals surface area contributed by atoms with Gasteiger partial charge in [0.25, 0.3) is 0 Å². The van der Waals surface area contributed by atoms with Gasteiger partial charge in [0.1, 0.15) is 0 Å². The van der Waals surface area contributed by atoms with Crippen molar-refractivity contribution in [3.8, 4) is 11.5 Å². The van der Waals surface area contributed by atoms with Crippen molar-refractivity contribution in [3.63, 3.8) is 0 Å². The fourth-order valence-electron chi connectivity index (χ4n) is 3.17. The van der Waals surface area contributed by atoms with Crippen molar-refractivity contribution in [3.05, 3.63) is 68.1 Å². The van der Waals surface area contributed by atoms with Crippen molar-refractivity contribution >= 4 is 34.9 Å². The van der Waals surface area contributed by atoms with Gasteiger partial charge < -0.3 is 18.9 Å². The Bertz CT molecular complexity index is 1060. The second-order valence-corrected chi connectivity index (χ2v) is 8.06. The molecule has 0 aliphatic rings. The van der Waals surface area contributed by atoms with E-state index in [0.717, 1.165) is 17.9 Å². The highest BCUT2D eigenvalue weighted by Crippen LogP contribution is 2.35. The number of hydrogen-bond donors (Lipinski definition) is 0. The quantitative estimate of drug-likeness (QED) is 0.260. The van der Waals surface area contributed by atoms with Crippen molar-refractivity contribution in [2.75, 3.05) is 20.8 Å². The van der Waals surface area contributed by atoms with Crippen molar-refractivity contribution in [2.24, 2.45) is 5.16 Å². The zero-order valence-corrected chi connectivity index (χ0v) is 18.8. The lowest BCUT2D eigenvalue weighted by atomic mass is 10.1. The summed E-state index contributed by atoms with van der Waals surface area (Å²) in [6.45, 7) is 4.54. The van der Waals surface area contributed by atoms with Crippen LogP contribution in [0.2, 0.25) is 5.02 Å². The van der Waals surface area contributed by atoms with Gasteiger partial charge in [-0.2, -0.15) is 0 Å². The number of benzene rings is 1. The fourth-order valence-corrected chi connectivity index (χ4v) is 4.16. The van der Waals surface area contributed by atoms with Crippen molar-refractivity contribution < 1.29 is 19.1 Å². The smallest absolute Gasteiger partial charge is 0.204 e. The van der Waals surface area contributed by atoms with Crippen LogP contribution in [-0.2, 0) is 11.4 Å². The number of ether oxygens (including phenoxy) is 2. The molecule has 30 heavy (non-hydrogen) atoms. The zero-order valence-electron chi connectivity index (χ0n) is 17.3. The van der Waals surface area contributed by atoms with E-state index in [0.29, 0.717) is 27.6 Å². The Kier molecular flexibility index (Phi) is 7.18. The lowest BCUT2D eigenvalue weighted by Gasteiger charge is -2.09. The number of carbonyl (C=O) groups is 1. The average molecular weight is 447 g/mol. The molecule has 0 aliphatic heterocycles. The Morgan fingerprint density at radius 2 is 2.03 bits per heavy atom. The predicted octanol–water partition coefficient (Wildman–Crippen LogP) is 5.12. The molecule has 6 nitrogen and oxygen atoms in total. The van der Waals surface area contributed by atoms with E-state index in [1.807, 2.05) is 31.4 Å². The monoisotopic (exact) mass is 446 g/mol. The van der Waals surface area contributed by atoms with Crippen molar-refractivity contribution in [1.82, 2.24) is 4.57 Å². The molecule has 0 radical (unpaired) electrons. The Morgan fingerprint density at radius 1 is 1.23 bits per heavy atom. The van der Waals surface area contributed by atoms with Crippen LogP contribution in [0.3, 0.4) is 0 Å². The molecule has 1 aromatic carbocycles. The van der Waals surface area contributed by atoms with Gasteiger partial charge in [0, 0.05) is 27.4 Å². The van der Waals surface area contributed by atoms with Crippen LogP contribution in [0.25, 0.3) is 0 Å². The van der Waals surface area contributed by atoms with E-state index in [1.165, 1.54) is 25.3 Å². The summed E-state index contributed by atoms with van der Waals surface area (Å²) in [5, 5.41) is 6.34. The Balaban J connectivity index is 1.64. The molecule has 3 rings (SSSR count). The first-order valence-electron chi connectivity index (χ1n) is 9.23. The van der Waals surface area contributed by atoms with Gasteiger partial charge in [-0.3, -0.25) is 4.79 Å². The third-order valence-corrected chi connectivity index (χ3v) is 5.84. The Labute approximate surface area is 184 Å². The van der Waals surface area contributed by atoms with Crippen molar-refractivity contribution in [1.29, 1.82) is 0 Å². The molecule has 0 fully saturated rings. The number of rotatable bonds is 9. The number of carbonyl (C=O) groups excluding carboxylic acids is 1. The van der Waals surface area contributed by atoms with E-state index in [1.54, 1.807) is 23.5 Å². The molecule has 8 heteroatoms. The highest BCUT2D eigenvalue weighted by molar-refractivity contribution is 7.09. The lowest BCUT2D eigenvalue weighted by molar-refractivity contribution is 0.0778. The lowest BCUT2D eigenvalue weighted by Crippen LogP contribution is -2.09. The summed E-state index contributed by atoms with van der Waals surface area (Å²) in [5.41, 5.74) is 3.27. The van der Waals surface area contributed by atoms with Gasteiger partial charge in [-0.15, -0.1) is 11.3 Å². The van der Waals surface area contributed by atoms with Gasteiger partial charge in [-0.25, -0.2) is 0 Å². The van der Waals surface area contributed by atoms with Crippen LogP contribution in [0, 0.1) is 13.8 Å². The summed E-state index contributed by atoms with van der Waals surface area (Å²) in [4.78, 5) is 19.1. The SMILES string of the molecule is COc1cc(/C=N/OCC(=O)c2cc(C)n(Cc3cccs3)c2C)cc(Cl)c1OC. The van der Waals surface area contributed by atoms with Crippen LogP contribution >= 0.6 is 22.9 Å². The Morgan fingerprint density at radius 3 is 2.70 bits per heavy atom. The van der Waals surface area contributed by atoms with E-state index in [9.17, 15) is 4.79 Å². The third-order valence-electron chi connectivity index (χ3n) is 4.70. The first kappa shape index (κ1) is 21.9. The molecular weight excluding hydrogens is 424 g/mol. The van der Waals surface area contributed by atoms with Gasteiger partial charge >= 0.3 is 0 Å². The molecule has 3 aromatic rings. The van der Waals surface area contributed by atoms with E-state index in [-0.39, 0.29) is 12.4 Å². The number of aryl methyl sites for hydroxylation is 1. The number of methoxy groups -OCH3 is 2. The highest BCUT2D eigenvalue weighted by atomic mass is 35.5. The van der Waals surface area contributed by atoms with Crippen molar-refractivity contribution in [2.45, 2.75) is 20.4 Å². The molecule has 0 bridgehead atoms. The van der Waals surface area contributed by atoms with Gasteiger partial charge in [-0.05, 0) is 43.5 Å². The topological polar surface area (TPSA) is 62.0 Å². The third kappa shape index (κ3) is 4.86. The Hall–Kier alpha value is -2.77. The molecule has 158 valence electrons. The van der Waals surface area contributed by atoms with Crippen LogP contribution in [-0.4, -0.2) is 37.4 Å². The molecule has 0 amide bonds. The maximum Gasteiger partial charge on any atom is 0.204 e. The summed E-state index contributed by atoms with van der Waals surface area (Å²) < 4.78 is 12.6. The van der Waals surface area contributed by atoms with Gasteiger partial charge in [-0.1, -0.05) is 22.8 Å². The molecule has 0 atom stereocenters. The number of hydrogen-bond acceptors (Lipinski definition) is 6. The molecule has 0 N–H and O–H groups in total. The summed E-state index contributed by atoms with van der Waals surface area (Å²) >= 11 is 7.88. The van der Waals surface area contributed by atoms with Crippen LogP contribution < -0.4 is 9.47 Å². The van der Waals surface area contributed by atoms with Crippen LogP contribution in [0.4, 0.5) is 0 Å². The highest BCUT2D eigenvalue weighted by Gasteiger charge is 2.16. The maximum atomic E-state index is 12.6. The van der Waals surface area contributed by atoms with Crippen LogP contribution in [0.15, 0.2) is 40.9 Å². The van der Waals surface area contributed by atoms with E-state index in [2.05, 4.69) is 15.8 Å². The van der Waals surface area contributed by atoms with Crippen LogP contribution in [0.1, 0.15) is 32.2 Å². The first-order chi connectivity index (χ1) is 14.4. The molecule has 2 heterocycles. The number of halogens is 1. The molecule has 0 spiro atoms. The number of ketones is 1. The number of Topliss-reactive ketones (excluding diaryl/α,β-unsaturated/α-hetero) is 1. The summed E-state index contributed by atoms with van der Waals surface area (Å²) in [6, 6.07) is 9.40. The van der Waals surface area contributed by atoms with E-state index >= 15 is 0 Å². The van der Waals surface area contributed by atoms with E-state index in [4.69, 9.17) is 25.9 Å². The van der Waals surface area contributed by atoms with Crippen LogP contribution in [0.5, 0.6) is 11.5 Å². The van der Waals surface area contributed by atoms with Gasteiger partial charge in [0.2, 0.25) is 5.78 Å². The summed E-state index contributed by atoms with van der Waals surface area (Å²) in [5.74, 6) is 0.814. The molecule has 0 saturated carbocycles. The molecule has 2 aromatic heterocycles. The number of oxime groups is 1. The minimum Gasteiger partial charge on any atom is -0.493 e. The van der Waals surface area contributed by atoms with Gasteiger partial charge in [0.15, 0.2) is 18.1 Å². The zero-order chi connectivity index (χ0) is 21.7. The fraction of sp³-hybridized carbons (Fsp3) is 0.273. The normalized spacial score (nSPS) is 11.1. The second kappa shape index (κ2) is 9.82. The number of aromatic nitrogens is 1. The standard InChI is InChI=1S/C22H23ClN2O4S/c1-14-8-18(15(2)25(14)12-17-6-5-7-30-17)20(26)13-29-24-11-16-9-19(23)22(28-4)21(10-16)27-3/h5-11H,12-13H2,1-4H3/b24-11+. The first-order valence-corrected chi connectivity index (χ1v) is 10.5. The summed E-state index contributed by atoms with van der Waals surface area (Å²) in [7, 11) is 3.04. The second-order valence-electron chi connectivity index (χ2n) is 6.62. The summed E-state index contributed by atoms with van der Waals surface area (Å²) in [6.07, 6.45) is 1.47. The minimum absolute atomic E-state index is 0.122. The minimum atomic E-state index is -0.152.